The van der Waals surface area contributed by atoms with Gasteiger partial charge < -0.3 is 4.42 Å². The summed E-state index contributed by atoms with van der Waals surface area (Å²) >= 11 is 1.52. The lowest BCUT2D eigenvalue weighted by molar-refractivity contribution is 0.474. The lowest BCUT2D eigenvalue weighted by Gasteiger charge is -2.12. The SMILES string of the molecule is Cc1ccccc1-n1c(SCc2nnc(Cc3ccccc3)o2)nnc1-c1ccncc1. The van der Waals surface area contributed by atoms with E-state index < -0.39 is 0 Å². The van der Waals surface area contributed by atoms with Crippen molar-refractivity contribution >= 4 is 11.8 Å². The van der Waals surface area contributed by atoms with Gasteiger partial charge in [0, 0.05) is 18.0 Å². The molecule has 3 aromatic heterocycles. The summed E-state index contributed by atoms with van der Waals surface area (Å²) in [5.74, 6) is 2.43. The monoisotopic (exact) mass is 440 g/mol. The highest BCUT2D eigenvalue weighted by molar-refractivity contribution is 7.98. The molecule has 0 bridgehead atoms. The van der Waals surface area contributed by atoms with Crippen LogP contribution in [0.5, 0.6) is 0 Å². The molecular formula is C24H20N6OS. The third-order valence-electron chi connectivity index (χ3n) is 4.96. The fourth-order valence-corrected chi connectivity index (χ4v) is 4.18. The van der Waals surface area contributed by atoms with Gasteiger partial charge >= 0.3 is 0 Å². The van der Waals surface area contributed by atoms with E-state index in [1.807, 2.05) is 54.6 Å². The zero-order chi connectivity index (χ0) is 21.8. The summed E-state index contributed by atoms with van der Waals surface area (Å²) in [5.41, 5.74) is 4.25. The van der Waals surface area contributed by atoms with Crippen LogP contribution in [0.25, 0.3) is 17.1 Å². The van der Waals surface area contributed by atoms with Crippen LogP contribution in [-0.2, 0) is 12.2 Å². The van der Waals surface area contributed by atoms with E-state index in [-0.39, 0.29) is 0 Å². The van der Waals surface area contributed by atoms with Crippen LogP contribution in [0.3, 0.4) is 0 Å². The molecule has 7 nitrogen and oxygen atoms in total. The van der Waals surface area contributed by atoms with Crippen LogP contribution in [0.4, 0.5) is 0 Å². The molecule has 0 amide bonds. The van der Waals surface area contributed by atoms with Crippen LogP contribution in [0, 0.1) is 6.92 Å². The summed E-state index contributed by atoms with van der Waals surface area (Å²) in [6.07, 6.45) is 4.13. The number of aromatic nitrogens is 6. The Hall–Kier alpha value is -3.78. The van der Waals surface area contributed by atoms with Gasteiger partial charge in [-0.15, -0.1) is 20.4 Å². The van der Waals surface area contributed by atoms with Crippen molar-refractivity contribution in [3.05, 3.63) is 102 Å². The summed E-state index contributed by atoms with van der Waals surface area (Å²) in [4.78, 5) is 4.12. The van der Waals surface area contributed by atoms with E-state index >= 15 is 0 Å². The smallest absolute Gasteiger partial charge is 0.226 e. The van der Waals surface area contributed by atoms with E-state index in [9.17, 15) is 0 Å². The van der Waals surface area contributed by atoms with E-state index in [1.54, 1.807) is 12.4 Å². The Labute approximate surface area is 189 Å². The van der Waals surface area contributed by atoms with Crippen molar-refractivity contribution in [1.82, 2.24) is 29.9 Å². The van der Waals surface area contributed by atoms with Gasteiger partial charge in [0.2, 0.25) is 11.8 Å². The minimum atomic E-state index is 0.502. The van der Waals surface area contributed by atoms with Gasteiger partial charge in [0.1, 0.15) is 0 Å². The first-order valence-corrected chi connectivity index (χ1v) is 11.2. The fraction of sp³-hybridized carbons (Fsp3) is 0.125. The molecule has 158 valence electrons. The molecule has 32 heavy (non-hydrogen) atoms. The number of thioether (sulfide) groups is 1. The molecule has 3 heterocycles. The summed E-state index contributed by atoms with van der Waals surface area (Å²) in [6.45, 7) is 2.08. The van der Waals surface area contributed by atoms with Crippen LogP contribution < -0.4 is 0 Å². The van der Waals surface area contributed by atoms with Crippen LogP contribution in [0.15, 0.2) is 88.7 Å². The number of benzene rings is 2. The van der Waals surface area contributed by atoms with Crippen molar-refractivity contribution in [2.24, 2.45) is 0 Å². The van der Waals surface area contributed by atoms with Gasteiger partial charge in [0.15, 0.2) is 11.0 Å². The molecule has 8 heteroatoms. The molecule has 0 atom stereocenters. The molecule has 0 saturated carbocycles. The van der Waals surface area contributed by atoms with Crippen molar-refractivity contribution < 1.29 is 4.42 Å². The predicted molar refractivity (Wildman–Crippen MR) is 122 cm³/mol. The van der Waals surface area contributed by atoms with Crippen molar-refractivity contribution in [2.75, 3.05) is 0 Å². The predicted octanol–water partition coefficient (Wildman–Crippen LogP) is 4.90. The van der Waals surface area contributed by atoms with Crippen molar-refractivity contribution in [3.63, 3.8) is 0 Å². The first kappa shape index (κ1) is 20.1. The molecule has 0 N–H and O–H groups in total. The number of rotatable bonds is 7. The molecular weight excluding hydrogens is 420 g/mol. The average molecular weight is 441 g/mol. The lowest BCUT2D eigenvalue weighted by atomic mass is 10.2. The molecule has 5 aromatic rings. The fourth-order valence-electron chi connectivity index (χ4n) is 3.40. The van der Waals surface area contributed by atoms with Gasteiger partial charge in [-0.1, -0.05) is 60.3 Å². The second-order valence-corrected chi connectivity index (χ2v) is 8.15. The maximum absolute atomic E-state index is 5.86. The van der Waals surface area contributed by atoms with Gasteiger partial charge in [-0.3, -0.25) is 9.55 Å². The summed E-state index contributed by atoms with van der Waals surface area (Å²) in [7, 11) is 0. The zero-order valence-electron chi connectivity index (χ0n) is 17.4. The molecule has 2 aromatic carbocycles. The van der Waals surface area contributed by atoms with Crippen LogP contribution in [0.1, 0.15) is 22.9 Å². The highest BCUT2D eigenvalue weighted by Crippen LogP contribution is 2.30. The van der Waals surface area contributed by atoms with E-state index in [1.165, 1.54) is 11.8 Å². The van der Waals surface area contributed by atoms with Crippen LogP contribution in [-0.4, -0.2) is 29.9 Å². The second kappa shape index (κ2) is 9.15. The molecule has 0 aliphatic heterocycles. The van der Waals surface area contributed by atoms with Gasteiger partial charge in [-0.2, -0.15) is 0 Å². The summed E-state index contributed by atoms with van der Waals surface area (Å²) < 4.78 is 7.93. The molecule has 0 fully saturated rings. The number of nitrogens with zero attached hydrogens (tertiary/aromatic N) is 6. The van der Waals surface area contributed by atoms with E-state index in [0.29, 0.717) is 24.0 Å². The van der Waals surface area contributed by atoms with Gasteiger partial charge in [-0.25, -0.2) is 0 Å². The van der Waals surface area contributed by atoms with E-state index in [0.717, 1.165) is 33.4 Å². The number of aryl methyl sites for hydroxylation is 1. The molecule has 0 aliphatic rings. The quantitative estimate of drug-likeness (QED) is 0.333. The molecule has 0 aliphatic carbocycles. The molecule has 0 spiro atoms. The number of pyridine rings is 1. The van der Waals surface area contributed by atoms with Crippen LogP contribution in [0.2, 0.25) is 0 Å². The maximum Gasteiger partial charge on any atom is 0.226 e. The summed E-state index contributed by atoms with van der Waals surface area (Å²) in [6, 6.07) is 22.1. The Kier molecular flexibility index (Phi) is 5.76. The molecule has 0 unspecified atom stereocenters. The minimum Gasteiger partial charge on any atom is -0.424 e. The molecule has 0 saturated heterocycles. The Balaban J connectivity index is 1.41. The highest BCUT2D eigenvalue weighted by atomic mass is 32.2. The zero-order valence-corrected chi connectivity index (χ0v) is 18.2. The highest BCUT2D eigenvalue weighted by Gasteiger charge is 2.18. The van der Waals surface area contributed by atoms with Crippen LogP contribution >= 0.6 is 11.8 Å². The average Bonchev–Trinajstić information content (AvgIpc) is 3.46. The van der Waals surface area contributed by atoms with Gasteiger partial charge in [0.05, 0.1) is 17.9 Å². The topological polar surface area (TPSA) is 82.5 Å². The van der Waals surface area contributed by atoms with Gasteiger partial charge in [0.25, 0.3) is 0 Å². The Morgan fingerprint density at radius 3 is 2.38 bits per heavy atom. The van der Waals surface area contributed by atoms with E-state index in [2.05, 4.69) is 49.0 Å². The largest absolute Gasteiger partial charge is 0.424 e. The first-order chi connectivity index (χ1) is 15.8. The number of hydrogen-bond donors (Lipinski definition) is 0. The van der Waals surface area contributed by atoms with Crippen molar-refractivity contribution in [2.45, 2.75) is 24.3 Å². The second-order valence-electron chi connectivity index (χ2n) is 7.20. The number of hydrogen-bond acceptors (Lipinski definition) is 7. The Morgan fingerprint density at radius 1 is 0.812 bits per heavy atom. The lowest BCUT2D eigenvalue weighted by Crippen LogP contribution is -2.02. The van der Waals surface area contributed by atoms with Crippen molar-refractivity contribution in [3.8, 4) is 17.1 Å². The standard InChI is InChI=1S/C24H20N6OS/c1-17-7-5-6-10-20(17)30-23(19-11-13-25-14-12-19)28-29-24(30)32-16-22-27-26-21(31-22)15-18-8-3-2-4-9-18/h2-14H,15-16H2,1H3. The molecule has 0 radical (unpaired) electrons. The normalized spacial score (nSPS) is 11.0. The summed E-state index contributed by atoms with van der Waals surface area (Å²) in [5, 5.41) is 18.1. The van der Waals surface area contributed by atoms with Crippen molar-refractivity contribution in [1.29, 1.82) is 0 Å². The maximum atomic E-state index is 5.86. The Bertz CT molecular complexity index is 1320. The number of para-hydroxylation sites is 1. The first-order valence-electron chi connectivity index (χ1n) is 10.2. The van der Waals surface area contributed by atoms with Gasteiger partial charge in [-0.05, 0) is 36.2 Å². The van der Waals surface area contributed by atoms with E-state index in [4.69, 9.17) is 4.42 Å². The minimum absolute atomic E-state index is 0.502. The third kappa shape index (κ3) is 4.31. The Morgan fingerprint density at radius 2 is 1.56 bits per heavy atom. The molecule has 5 rings (SSSR count). The third-order valence-corrected chi connectivity index (χ3v) is 5.87.